The Morgan fingerprint density at radius 3 is 2.62 bits per heavy atom. The molecule has 4 aromatic rings. The third-order valence-electron chi connectivity index (χ3n) is 5.96. The molecule has 188 valence electrons. The minimum absolute atomic E-state index is 0.0419. The summed E-state index contributed by atoms with van der Waals surface area (Å²) in [5, 5.41) is 21.5. The fourth-order valence-corrected chi connectivity index (χ4v) is 5.06. The Hall–Kier alpha value is -4.12. The van der Waals surface area contributed by atoms with Gasteiger partial charge in [0.1, 0.15) is 0 Å². The Morgan fingerprint density at radius 1 is 1.03 bits per heavy atom. The van der Waals surface area contributed by atoms with E-state index < -0.39 is 10.0 Å². The van der Waals surface area contributed by atoms with Crippen LogP contribution in [0.4, 0.5) is 5.69 Å². The van der Waals surface area contributed by atoms with Gasteiger partial charge in [0.15, 0.2) is 5.88 Å². The van der Waals surface area contributed by atoms with Crippen LogP contribution in [0.25, 0.3) is 28.8 Å². The van der Waals surface area contributed by atoms with Gasteiger partial charge in [-0.2, -0.15) is 0 Å². The summed E-state index contributed by atoms with van der Waals surface area (Å²) in [6.45, 7) is 0.880. The van der Waals surface area contributed by atoms with E-state index in [0.717, 1.165) is 27.4 Å². The fourth-order valence-electron chi connectivity index (χ4n) is 4.02. The van der Waals surface area contributed by atoms with E-state index in [1.54, 1.807) is 30.6 Å². The molecule has 9 nitrogen and oxygen atoms in total. The lowest BCUT2D eigenvalue weighted by Gasteiger charge is -2.11. The number of azo groups is 1. The quantitative estimate of drug-likeness (QED) is 0.334. The van der Waals surface area contributed by atoms with Gasteiger partial charge in [0.2, 0.25) is 10.0 Å². The zero-order valence-electron chi connectivity index (χ0n) is 20.4. The van der Waals surface area contributed by atoms with Crippen LogP contribution in [-0.4, -0.2) is 55.6 Å². The molecule has 0 spiro atoms. The average molecular weight is 515 g/mol. The molecule has 0 bridgehead atoms. The number of nitrogens with zero attached hydrogens (tertiary/aromatic N) is 4. The predicted molar refractivity (Wildman–Crippen MR) is 144 cm³/mol. The molecule has 3 heterocycles. The van der Waals surface area contributed by atoms with E-state index in [9.17, 15) is 13.5 Å². The zero-order chi connectivity index (χ0) is 26.0. The Kier molecular flexibility index (Phi) is 6.70. The number of H-pyrrole nitrogens is 1. The highest BCUT2D eigenvalue weighted by Crippen LogP contribution is 2.30. The van der Waals surface area contributed by atoms with Crippen molar-refractivity contribution >= 4 is 44.5 Å². The van der Waals surface area contributed by atoms with Crippen LogP contribution < -0.4 is 15.2 Å². The molecule has 0 atom stereocenters. The van der Waals surface area contributed by atoms with Crippen molar-refractivity contribution in [3.63, 3.8) is 0 Å². The number of aromatic nitrogens is 2. The molecule has 1 aliphatic heterocycles. The van der Waals surface area contributed by atoms with Gasteiger partial charge in [0.25, 0.3) is 0 Å². The highest BCUT2D eigenvalue weighted by molar-refractivity contribution is 7.89. The number of fused-ring (bicyclic) bond motifs is 2. The molecule has 0 saturated carbocycles. The number of hydrogen-bond acceptors (Lipinski definition) is 7. The number of rotatable bonds is 8. The van der Waals surface area contributed by atoms with Gasteiger partial charge in [-0.25, -0.2) is 13.1 Å². The molecular weight excluding hydrogens is 488 g/mol. The molecule has 0 saturated heterocycles. The number of aromatic hydroxyl groups is 1. The molecule has 0 fully saturated rings. The smallest absolute Gasteiger partial charge is 0.240 e. The topological polar surface area (TPSA) is 123 Å². The van der Waals surface area contributed by atoms with Gasteiger partial charge in [-0.05, 0) is 79.5 Å². The number of benzene rings is 2. The summed E-state index contributed by atoms with van der Waals surface area (Å²) >= 11 is 0. The zero-order valence-corrected chi connectivity index (χ0v) is 21.2. The first-order valence-corrected chi connectivity index (χ1v) is 13.1. The number of nitrogens with one attached hydrogen (secondary N) is 2. The van der Waals surface area contributed by atoms with E-state index in [1.807, 2.05) is 61.5 Å². The summed E-state index contributed by atoms with van der Waals surface area (Å²) in [5.41, 5.74) is 3.62. The maximum Gasteiger partial charge on any atom is 0.240 e. The second-order valence-corrected chi connectivity index (χ2v) is 10.7. The van der Waals surface area contributed by atoms with E-state index in [-0.39, 0.29) is 10.8 Å². The summed E-state index contributed by atoms with van der Waals surface area (Å²) in [5.74, 6) is -0.0419. The monoisotopic (exact) mass is 514 g/mol. The highest BCUT2D eigenvalue weighted by atomic mass is 32.2. The summed E-state index contributed by atoms with van der Waals surface area (Å²) in [6.07, 6.45) is 9.13. The standard InChI is InChI=1S/C27H26N6O3S/c1-33(2)14-13-29-37(35,36)20-5-8-24-22(17-20)23(27(34)30-24)15-19-3-6-21-25(31-32-26(21)16-19)7-4-18-9-11-28-12-10-18/h3-12,15-17,29-30,34H,13-14H2,1-2H3/b7-4+,19-15-. The fraction of sp³-hybridized carbons (Fsp3) is 0.148. The van der Waals surface area contributed by atoms with Gasteiger partial charge >= 0.3 is 0 Å². The first kappa shape index (κ1) is 24.6. The summed E-state index contributed by atoms with van der Waals surface area (Å²) < 4.78 is 28.2. The Bertz CT molecular complexity index is 1760. The molecule has 2 aromatic carbocycles. The minimum atomic E-state index is -3.69. The van der Waals surface area contributed by atoms with Crippen LogP contribution in [-0.2, 0) is 10.0 Å². The van der Waals surface area contributed by atoms with Crippen molar-refractivity contribution < 1.29 is 13.5 Å². The molecule has 10 heteroatoms. The van der Waals surface area contributed by atoms with E-state index in [0.29, 0.717) is 29.6 Å². The second-order valence-electron chi connectivity index (χ2n) is 8.92. The van der Waals surface area contributed by atoms with Gasteiger partial charge in [0.05, 0.1) is 16.3 Å². The van der Waals surface area contributed by atoms with Crippen LogP contribution in [0.15, 0.2) is 82.1 Å². The van der Waals surface area contributed by atoms with Crippen molar-refractivity contribution in [3.8, 4) is 5.88 Å². The van der Waals surface area contributed by atoms with E-state index in [4.69, 9.17) is 0 Å². The predicted octanol–water partition coefficient (Wildman–Crippen LogP) is 2.86. The van der Waals surface area contributed by atoms with Crippen molar-refractivity contribution in [2.45, 2.75) is 4.90 Å². The Balaban J connectivity index is 1.49. The normalized spacial score (nSPS) is 13.9. The number of hydrogen-bond donors (Lipinski definition) is 3. The molecule has 0 unspecified atom stereocenters. The second kappa shape index (κ2) is 10.1. The van der Waals surface area contributed by atoms with Gasteiger partial charge in [-0.3, -0.25) is 4.98 Å². The number of aromatic amines is 1. The van der Waals surface area contributed by atoms with Gasteiger partial charge in [-0.1, -0.05) is 12.1 Å². The molecule has 5 rings (SSSR count). The molecule has 0 radical (unpaired) electrons. The molecule has 37 heavy (non-hydrogen) atoms. The van der Waals surface area contributed by atoms with Gasteiger partial charge in [0, 0.05) is 47.2 Å². The van der Waals surface area contributed by atoms with Crippen LogP contribution >= 0.6 is 0 Å². The lowest BCUT2D eigenvalue weighted by Crippen LogP contribution is -2.31. The SMILES string of the molecule is CN(C)CCNS(=O)(=O)c1ccc2[nH]c(O)c(/C=c3/ccc4c(c3)N=NC=4/C=C/c3ccncc3)c2c1. The van der Waals surface area contributed by atoms with Crippen LogP contribution in [0.2, 0.25) is 0 Å². The Labute approximate surface area is 214 Å². The van der Waals surface area contributed by atoms with E-state index >= 15 is 0 Å². The van der Waals surface area contributed by atoms with Crippen molar-refractivity contribution in [1.29, 1.82) is 0 Å². The van der Waals surface area contributed by atoms with Crippen molar-refractivity contribution in [2.75, 3.05) is 27.2 Å². The average Bonchev–Trinajstić information content (AvgIpc) is 3.42. The van der Waals surface area contributed by atoms with Crippen LogP contribution in [0, 0.1) is 0 Å². The molecule has 0 aliphatic carbocycles. The number of likely N-dealkylation sites (N-methyl/N-ethyl adjacent to an activating group) is 1. The summed E-state index contributed by atoms with van der Waals surface area (Å²) in [4.78, 5) is 8.97. The number of sulfonamides is 1. The maximum atomic E-state index is 12.8. The van der Waals surface area contributed by atoms with Crippen LogP contribution in [0.3, 0.4) is 0 Å². The third-order valence-corrected chi connectivity index (χ3v) is 7.42. The molecule has 1 aliphatic rings. The maximum absolute atomic E-state index is 12.8. The van der Waals surface area contributed by atoms with E-state index in [1.165, 1.54) is 6.07 Å². The molecular formula is C27H26N6O3S. The van der Waals surface area contributed by atoms with Gasteiger partial charge in [-0.15, -0.1) is 10.2 Å². The summed E-state index contributed by atoms with van der Waals surface area (Å²) in [6, 6.07) is 14.3. The first-order valence-electron chi connectivity index (χ1n) is 11.7. The third kappa shape index (κ3) is 5.36. The lowest BCUT2D eigenvalue weighted by atomic mass is 10.1. The van der Waals surface area contributed by atoms with Crippen molar-refractivity contribution in [1.82, 2.24) is 19.6 Å². The first-order chi connectivity index (χ1) is 17.8. The van der Waals surface area contributed by atoms with Crippen molar-refractivity contribution in [3.05, 3.63) is 88.6 Å². The Morgan fingerprint density at radius 2 is 1.84 bits per heavy atom. The van der Waals surface area contributed by atoms with Crippen LogP contribution in [0.5, 0.6) is 5.88 Å². The minimum Gasteiger partial charge on any atom is -0.494 e. The molecule has 3 N–H and O–H groups in total. The largest absolute Gasteiger partial charge is 0.494 e. The number of pyridine rings is 1. The van der Waals surface area contributed by atoms with Crippen molar-refractivity contribution in [2.24, 2.45) is 10.2 Å². The van der Waals surface area contributed by atoms with Crippen LogP contribution in [0.1, 0.15) is 11.1 Å². The summed E-state index contributed by atoms with van der Waals surface area (Å²) in [7, 11) is 0.0634. The lowest BCUT2D eigenvalue weighted by molar-refractivity contribution is 0.412. The highest BCUT2D eigenvalue weighted by Gasteiger charge is 2.17. The van der Waals surface area contributed by atoms with E-state index in [2.05, 4.69) is 24.9 Å². The molecule has 2 aromatic heterocycles. The van der Waals surface area contributed by atoms with Gasteiger partial charge < -0.3 is 15.0 Å². The molecule has 0 amide bonds.